The van der Waals surface area contributed by atoms with Crippen LogP contribution in [0.2, 0.25) is 5.02 Å². The molecule has 1 nitrogen and oxygen atoms in total. The van der Waals surface area contributed by atoms with Crippen LogP contribution in [0.1, 0.15) is 10.4 Å². The summed E-state index contributed by atoms with van der Waals surface area (Å²) in [6.45, 7) is 0. The molecule has 5 heteroatoms. The zero-order valence-electron chi connectivity index (χ0n) is 9.54. The lowest BCUT2D eigenvalue weighted by Crippen LogP contribution is -2.23. The molecular formula is C14H8ClF3O. The highest BCUT2D eigenvalue weighted by Crippen LogP contribution is 2.30. The van der Waals surface area contributed by atoms with E-state index in [1.807, 2.05) is 0 Å². The summed E-state index contributed by atoms with van der Waals surface area (Å²) in [5.41, 5.74) is 0.386. The highest BCUT2D eigenvalue weighted by atomic mass is 35.5. The highest BCUT2D eigenvalue weighted by Gasteiger charge is 2.40. The molecule has 0 amide bonds. The predicted octanol–water partition coefficient (Wildman–Crippen LogP) is 4.75. The summed E-state index contributed by atoms with van der Waals surface area (Å²) >= 11 is 5.73. The van der Waals surface area contributed by atoms with Crippen molar-refractivity contribution in [1.82, 2.24) is 0 Å². The van der Waals surface area contributed by atoms with Crippen LogP contribution in [-0.4, -0.2) is 12.0 Å². The number of ketones is 1. The average molecular weight is 285 g/mol. The molecule has 2 rings (SSSR count). The fourth-order valence-electron chi connectivity index (χ4n) is 1.71. The van der Waals surface area contributed by atoms with Gasteiger partial charge in [0.1, 0.15) is 0 Å². The molecule has 0 unspecified atom stereocenters. The van der Waals surface area contributed by atoms with Gasteiger partial charge in [-0.25, -0.2) is 0 Å². The molecule has 0 heterocycles. The molecule has 0 spiro atoms. The molecule has 0 atom stereocenters. The lowest BCUT2D eigenvalue weighted by molar-refractivity contribution is -0.0884. The molecule has 19 heavy (non-hydrogen) atoms. The van der Waals surface area contributed by atoms with Crippen molar-refractivity contribution in [3.63, 3.8) is 0 Å². The third-order valence-corrected chi connectivity index (χ3v) is 2.84. The summed E-state index contributed by atoms with van der Waals surface area (Å²) < 4.78 is 37.6. The third-order valence-electron chi connectivity index (χ3n) is 2.58. The Labute approximate surface area is 112 Å². The Morgan fingerprint density at radius 3 is 2.11 bits per heavy atom. The minimum atomic E-state index is -4.89. The summed E-state index contributed by atoms with van der Waals surface area (Å²) in [6.07, 6.45) is -4.89. The van der Waals surface area contributed by atoms with Crippen molar-refractivity contribution in [2.45, 2.75) is 6.18 Å². The molecule has 0 fully saturated rings. The first-order chi connectivity index (χ1) is 8.89. The molecule has 98 valence electrons. The van der Waals surface area contributed by atoms with Crippen molar-refractivity contribution in [3.05, 3.63) is 59.1 Å². The molecule has 0 bridgehead atoms. The number of Topliss-reactive ketones (excluding diaryl/α,β-unsaturated/α-hetero) is 1. The molecular weight excluding hydrogens is 277 g/mol. The van der Waals surface area contributed by atoms with Gasteiger partial charge in [0.05, 0.1) is 0 Å². The number of carbonyl (C=O) groups is 1. The molecule has 2 aromatic carbocycles. The van der Waals surface area contributed by atoms with Crippen LogP contribution in [0.15, 0.2) is 48.5 Å². The Kier molecular flexibility index (Phi) is 3.62. The van der Waals surface area contributed by atoms with Gasteiger partial charge in [-0.3, -0.25) is 4.79 Å². The fourth-order valence-corrected chi connectivity index (χ4v) is 1.84. The van der Waals surface area contributed by atoms with Crippen molar-refractivity contribution >= 4 is 17.4 Å². The number of alkyl halides is 3. The SMILES string of the molecule is O=C(c1ccccc1-c1ccc(Cl)cc1)C(F)(F)F. The van der Waals surface area contributed by atoms with Gasteiger partial charge in [-0.2, -0.15) is 13.2 Å². The molecule has 0 aromatic heterocycles. The quantitative estimate of drug-likeness (QED) is 0.727. The smallest absolute Gasteiger partial charge is 0.284 e. The number of halogens is 4. The fraction of sp³-hybridized carbons (Fsp3) is 0.0714. The summed E-state index contributed by atoms with van der Waals surface area (Å²) in [4.78, 5) is 11.4. The molecule has 0 aliphatic carbocycles. The molecule has 0 N–H and O–H groups in total. The Bertz CT molecular complexity index is 603. The standard InChI is InChI=1S/C14H8ClF3O/c15-10-7-5-9(6-8-10)11-3-1-2-4-12(11)13(19)14(16,17)18/h1-8H. The third kappa shape index (κ3) is 2.96. The van der Waals surface area contributed by atoms with Crippen LogP contribution in [0, 0.1) is 0 Å². The van der Waals surface area contributed by atoms with E-state index >= 15 is 0 Å². The number of benzene rings is 2. The van der Waals surface area contributed by atoms with Crippen molar-refractivity contribution in [1.29, 1.82) is 0 Å². The van der Waals surface area contributed by atoms with E-state index in [-0.39, 0.29) is 11.1 Å². The average Bonchev–Trinajstić information content (AvgIpc) is 2.38. The van der Waals surface area contributed by atoms with Gasteiger partial charge in [0.15, 0.2) is 0 Å². The number of hydrogen-bond acceptors (Lipinski definition) is 1. The van der Waals surface area contributed by atoms with E-state index in [1.54, 1.807) is 30.3 Å². The van der Waals surface area contributed by atoms with E-state index in [2.05, 4.69) is 0 Å². The van der Waals surface area contributed by atoms with E-state index < -0.39 is 12.0 Å². The molecule has 0 radical (unpaired) electrons. The van der Waals surface area contributed by atoms with Crippen LogP contribution in [0.4, 0.5) is 13.2 Å². The van der Waals surface area contributed by atoms with Crippen molar-refractivity contribution in [2.24, 2.45) is 0 Å². The Morgan fingerprint density at radius 2 is 1.53 bits per heavy atom. The van der Waals surface area contributed by atoms with E-state index in [1.165, 1.54) is 18.2 Å². The Morgan fingerprint density at radius 1 is 0.947 bits per heavy atom. The maximum absolute atomic E-state index is 12.5. The lowest BCUT2D eigenvalue weighted by Gasteiger charge is -2.10. The molecule has 2 aromatic rings. The first-order valence-corrected chi connectivity index (χ1v) is 5.74. The second-order valence-corrected chi connectivity index (χ2v) is 4.32. The highest BCUT2D eigenvalue weighted by molar-refractivity contribution is 6.30. The van der Waals surface area contributed by atoms with Gasteiger partial charge in [0.25, 0.3) is 5.78 Å². The zero-order chi connectivity index (χ0) is 14.0. The molecule has 0 saturated heterocycles. The summed E-state index contributed by atoms with van der Waals surface area (Å²) in [6, 6.07) is 11.9. The van der Waals surface area contributed by atoms with E-state index in [0.717, 1.165) is 0 Å². The number of hydrogen-bond donors (Lipinski definition) is 0. The van der Waals surface area contributed by atoms with Gasteiger partial charge < -0.3 is 0 Å². The first kappa shape index (κ1) is 13.6. The van der Waals surface area contributed by atoms with Crippen LogP contribution in [0.25, 0.3) is 11.1 Å². The van der Waals surface area contributed by atoms with Crippen molar-refractivity contribution in [2.75, 3.05) is 0 Å². The Hall–Kier alpha value is -1.81. The number of carbonyl (C=O) groups excluding carboxylic acids is 1. The van der Waals surface area contributed by atoms with Crippen molar-refractivity contribution in [3.8, 4) is 11.1 Å². The van der Waals surface area contributed by atoms with E-state index in [9.17, 15) is 18.0 Å². The van der Waals surface area contributed by atoms with Gasteiger partial charge in [0, 0.05) is 10.6 Å². The van der Waals surface area contributed by atoms with E-state index in [0.29, 0.717) is 10.6 Å². The second-order valence-electron chi connectivity index (χ2n) is 3.88. The molecule has 0 aliphatic rings. The Balaban J connectivity index is 2.53. The van der Waals surface area contributed by atoms with Crippen LogP contribution in [0.5, 0.6) is 0 Å². The van der Waals surface area contributed by atoms with Crippen LogP contribution < -0.4 is 0 Å². The minimum absolute atomic E-state index is 0.237. The molecule has 0 aliphatic heterocycles. The second kappa shape index (κ2) is 5.05. The minimum Gasteiger partial charge on any atom is -0.284 e. The predicted molar refractivity (Wildman–Crippen MR) is 67.3 cm³/mol. The van der Waals surface area contributed by atoms with Gasteiger partial charge in [-0.15, -0.1) is 0 Å². The summed E-state index contributed by atoms with van der Waals surface area (Å²) in [5.74, 6) is -1.85. The van der Waals surface area contributed by atoms with Gasteiger partial charge in [-0.05, 0) is 23.3 Å². The summed E-state index contributed by atoms with van der Waals surface area (Å²) in [7, 11) is 0. The maximum atomic E-state index is 12.5. The number of rotatable bonds is 2. The van der Waals surface area contributed by atoms with Crippen LogP contribution in [0.3, 0.4) is 0 Å². The van der Waals surface area contributed by atoms with Gasteiger partial charge in [-0.1, -0.05) is 48.0 Å². The zero-order valence-corrected chi connectivity index (χ0v) is 10.3. The van der Waals surface area contributed by atoms with Crippen molar-refractivity contribution < 1.29 is 18.0 Å². The van der Waals surface area contributed by atoms with Crippen LogP contribution in [-0.2, 0) is 0 Å². The summed E-state index contributed by atoms with van der Waals surface area (Å²) in [5, 5.41) is 0.475. The largest absolute Gasteiger partial charge is 0.454 e. The van der Waals surface area contributed by atoms with Crippen LogP contribution >= 0.6 is 11.6 Å². The normalized spacial score (nSPS) is 11.4. The first-order valence-electron chi connectivity index (χ1n) is 5.36. The van der Waals surface area contributed by atoms with Gasteiger partial charge in [0.2, 0.25) is 0 Å². The van der Waals surface area contributed by atoms with E-state index in [4.69, 9.17) is 11.6 Å². The topological polar surface area (TPSA) is 17.1 Å². The molecule has 0 saturated carbocycles. The maximum Gasteiger partial charge on any atom is 0.454 e. The lowest BCUT2D eigenvalue weighted by atomic mass is 9.97. The van der Waals surface area contributed by atoms with Gasteiger partial charge >= 0.3 is 6.18 Å². The monoisotopic (exact) mass is 284 g/mol.